The van der Waals surface area contributed by atoms with Gasteiger partial charge in [0.25, 0.3) is 0 Å². The lowest BCUT2D eigenvalue weighted by Gasteiger charge is -2.46. The van der Waals surface area contributed by atoms with Crippen molar-refractivity contribution in [3.8, 4) is 0 Å². The number of aliphatic carboxylic acids is 1. The molecule has 2 aliphatic rings. The molecule has 23 heavy (non-hydrogen) atoms. The molecule has 1 spiro atoms. The van der Waals surface area contributed by atoms with E-state index in [1.807, 2.05) is 12.4 Å². The number of piperidine rings is 2. The first-order valence-electron chi connectivity index (χ1n) is 8.71. The molecule has 0 radical (unpaired) electrons. The zero-order chi connectivity index (χ0) is 16.1. The molecule has 126 valence electrons. The molecule has 0 atom stereocenters. The van der Waals surface area contributed by atoms with Crippen LogP contribution in [0, 0.1) is 5.41 Å². The second kappa shape index (κ2) is 7.41. The van der Waals surface area contributed by atoms with E-state index >= 15 is 0 Å². The van der Waals surface area contributed by atoms with Gasteiger partial charge < -0.3 is 10.0 Å². The topological polar surface area (TPSA) is 56.7 Å². The minimum atomic E-state index is -0.702. The average Bonchev–Trinajstić information content (AvgIpc) is 2.57. The summed E-state index contributed by atoms with van der Waals surface area (Å²) in [6.45, 7) is 5.60. The van der Waals surface area contributed by atoms with E-state index in [0.29, 0.717) is 5.41 Å². The van der Waals surface area contributed by atoms with Gasteiger partial charge >= 0.3 is 5.97 Å². The first kappa shape index (κ1) is 16.4. The molecule has 2 saturated heterocycles. The van der Waals surface area contributed by atoms with Gasteiger partial charge in [-0.2, -0.15) is 0 Å². The monoisotopic (exact) mass is 317 g/mol. The molecule has 3 heterocycles. The van der Waals surface area contributed by atoms with Crippen molar-refractivity contribution in [2.75, 3.05) is 39.3 Å². The van der Waals surface area contributed by atoms with E-state index in [1.54, 1.807) is 0 Å². The van der Waals surface area contributed by atoms with Gasteiger partial charge in [0, 0.05) is 18.9 Å². The number of carboxylic acids is 1. The van der Waals surface area contributed by atoms with Crippen molar-refractivity contribution in [3.63, 3.8) is 0 Å². The summed E-state index contributed by atoms with van der Waals surface area (Å²) in [6.07, 6.45) is 9.70. The largest absolute Gasteiger partial charge is 0.480 e. The Labute approximate surface area is 138 Å². The second-order valence-electron chi connectivity index (χ2n) is 7.12. The molecular weight excluding hydrogens is 290 g/mol. The highest BCUT2D eigenvalue weighted by molar-refractivity contribution is 5.69. The minimum Gasteiger partial charge on any atom is -0.480 e. The number of pyridine rings is 1. The van der Waals surface area contributed by atoms with Crippen LogP contribution in [0.5, 0.6) is 0 Å². The fourth-order valence-electron chi connectivity index (χ4n) is 3.96. The Hall–Kier alpha value is -1.46. The summed E-state index contributed by atoms with van der Waals surface area (Å²) < 4.78 is 0. The average molecular weight is 317 g/mol. The van der Waals surface area contributed by atoms with Crippen molar-refractivity contribution in [1.82, 2.24) is 14.8 Å². The Morgan fingerprint density at radius 2 is 1.61 bits per heavy atom. The van der Waals surface area contributed by atoms with Gasteiger partial charge in [0.05, 0.1) is 6.54 Å². The van der Waals surface area contributed by atoms with Crippen LogP contribution in [0.2, 0.25) is 0 Å². The molecule has 2 aliphatic heterocycles. The standard InChI is InChI=1S/C18H27N3O2/c22-17(23)15-21-13-6-18(7-14-21)4-11-20(12-5-18)10-3-16-1-8-19-9-2-16/h1-2,8-9H,3-7,10-15H2,(H,22,23). The number of hydrogen-bond acceptors (Lipinski definition) is 4. The molecule has 0 bridgehead atoms. The molecule has 0 amide bonds. The highest BCUT2D eigenvalue weighted by Crippen LogP contribution is 2.41. The number of rotatable bonds is 5. The molecule has 5 nitrogen and oxygen atoms in total. The predicted molar refractivity (Wildman–Crippen MR) is 89.4 cm³/mol. The summed E-state index contributed by atoms with van der Waals surface area (Å²) in [5.41, 5.74) is 1.84. The number of carbonyl (C=O) groups is 1. The number of aromatic nitrogens is 1. The molecule has 0 aliphatic carbocycles. The third kappa shape index (κ3) is 4.52. The van der Waals surface area contributed by atoms with Crippen molar-refractivity contribution in [1.29, 1.82) is 0 Å². The summed E-state index contributed by atoms with van der Waals surface area (Å²) >= 11 is 0. The van der Waals surface area contributed by atoms with E-state index in [2.05, 4.69) is 26.9 Å². The van der Waals surface area contributed by atoms with E-state index in [0.717, 1.165) is 26.1 Å². The summed E-state index contributed by atoms with van der Waals surface area (Å²) in [7, 11) is 0. The number of likely N-dealkylation sites (tertiary alicyclic amines) is 2. The second-order valence-corrected chi connectivity index (χ2v) is 7.12. The Morgan fingerprint density at radius 1 is 1.04 bits per heavy atom. The third-order valence-electron chi connectivity index (χ3n) is 5.66. The van der Waals surface area contributed by atoms with E-state index < -0.39 is 5.97 Å². The smallest absolute Gasteiger partial charge is 0.317 e. The van der Waals surface area contributed by atoms with Gasteiger partial charge in [-0.3, -0.25) is 14.7 Å². The summed E-state index contributed by atoms with van der Waals surface area (Å²) in [5.74, 6) is -0.702. The van der Waals surface area contributed by atoms with Crippen LogP contribution in [0.15, 0.2) is 24.5 Å². The molecular formula is C18H27N3O2. The van der Waals surface area contributed by atoms with Crippen LogP contribution in [-0.4, -0.2) is 65.1 Å². The Balaban J connectivity index is 1.41. The van der Waals surface area contributed by atoms with Gasteiger partial charge in [-0.25, -0.2) is 0 Å². The van der Waals surface area contributed by atoms with Crippen molar-refractivity contribution < 1.29 is 9.90 Å². The van der Waals surface area contributed by atoms with Gasteiger partial charge in [0.2, 0.25) is 0 Å². The molecule has 3 rings (SSSR count). The van der Waals surface area contributed by atoms with Crippen LogP contribution < -0.4 is 0 Å². The summed E-state index contributed by atoms with van der Waals surface area (Å²) in [5, 5.41) is 8.90. The molecule has 0 unspecified atom stereocenters. The SMILES string of the molecule is O=C(O)CN1CCC2(CCN(CCc3ccncc3)CC2)CC1. The van der Waals surface area contributed by atoms with Crippen LogP contribution >= 0.6 is 0 Å². The molecule has 1 aromatic rings. The predicted octanol–water partition coefficient (Wildman–Crippen LogP) is 1.89. The Kier molecular flexibility index (Phi) is 5.28. The Morgan fingerprint density at radius 3 is 2.17 bits per heavy atom. The lowest BCUT2D eigenvalue weighted by atomic mass is 9.71. The zero-order valence-corrected chi connectivity index (χ0v) is 13.8. The Bertz CT molecular complexity index is 502. The van der Waals surface area contributed by atoms with Gasteiger partial charge in [-0.15, -0.1) is 0 Å². The zero-order valence-electron chi connectivity index (χ0n) is 13.8. The van der Waals surface area contributed by atoms with Gasteiger partial charge in [-0.1, -0.05) is 0 Å². The molecule has 5 heteroatoms. The van der Waals surface area contributed by atoms with E-state index in [-0.39, 0.29) is 6.54 Å². The summed E-state index contributed by atoms with van der Waals surface area (Å²) in [6, 6.07) is 4.20. The number of hydrogen-bond donors (Lipinski definition) is 1. The number of nitrogens with zero attached hydrogens (tertiary/aromatic N) is 3. The quantitative estimate of drug-likeness (QED) is 0.899. The fourth-order valence-corrected chi connectivity index (χ4v) is 3.96. The maximum Gasteiger partial charge on any atom is 0.317 e. The highest BCUT2D eigenvalue weighted by atomic mass is 16.4. The first-order valence-corrected chi connectivity index (χ1v) is 8.71. The van der Waals surface area contributed by atoms with Crippen molar-refractivity contribution >= 4 is 5.97 Å². The van der Waals surface area contributed by atoms with Crippen molar-refractivity contribution in [2.45, 2.75) is 32.1 Å². The fraction of sp³-hybridized carbons (Fsp3) is 0.667. The molecule has 1 N–H and O–H groups in total. The molecule has 1 aromatic heterocycles. The maximum atomic E-state index is 10.8. The summed E-state index contributed by atoms with van der Waals surface area (Å²) in [4.78, 5) is 19.5. The van der Waals surface area contributed by atoms with Crippen LogP contribution in [0.4, 0.5) is 0 Å². The highest BCUT2D eigenvalue weighted by Gasteiger charge is 2.37. The third-order valence-corrected chi connectivity index (χ3v) is 5.66. The van der Waals surface area contributed by atoms with Crippen molar-refractivity contribution in [3.05, 3.63) is 30.1 Å². The van der Waals surface area contributed by atoms with Gasteiger partial charge in [0.15, 0.2) is 0 Å². The maximum absolute atomic E-state index is 10.8. The molecule has 0 aromatic carbocycles. The minimum absolute atomic E-state index is 0.203. The van der Waals surface area contributed by atoms with E-state index in [9.17, 15) is 4.79 Å². The lowest BCUT2D eigenvalue weighted by Crippen LogP contribution is -2.48. The van der Waals surface area contributed by atoms with Crippen molar-refractivity contribution in [2.24, 2.45) is 5.41 Å². The van der Waals surface area contributed by atoms with Crippen LogP contribution in [0.25, 0.3) is 0 Å². The first-order chi connectivity index (χ1) is 11.2. The van der Waals surface area contributed by atoms with Gasteiger partial charge in [0.1, 0.15) is 0 Å². The molecule has 0 saturated carbocycles. The lowest BCUT2D eigenvalue weighted by molar-refractivity contribution is -0.139. The van der Waals surface area contributed by atoms with Gasteiger partial charge in [-0.05, 0) is 81.4 Å². The van der Waals surface area contributed by atoms with Crippen LogP contribution in [0.1, 0.15) is 31.2 Å². The van der Waals surface area contributed by atoms with Crippen LogP contribution in [0.3, 0.4) is 0 Å². The van der Waals surface area contributed by atoms with E-state index in [1.165, 1.54) is 44.3 Å². The van der Waals surface area contributed by atoms with E-state index in [4.69, 9.17) is 5.11 Å². The molecule has 2 fully saturated rings. The normalized spacial score (nSPS) is 22.3. The number of carboxylic acid groups (broad SMARTS) is 1. The van der Waals surface area contributed by atoms with Crippen LogP contribution in [-0.2, 0) is 11.2 Å².